The molecule has 0 saturated carbocycles. The first-order valence-electron chi connectivity index (χ1n) is 13.3. The first kappa shape index (κ1) is 31.0. The monoisotopic (exact) mass is 603 g/mol. The van der Waals surface area contributed by atoms with Crippen molar-refractivity contribution in [3.8, 4) is 11.4 Å². The molecule has 1 heterocycles. The van der Waals surface area contributed by atoms with Crippen molar-refractivity contribution in [3.63, 3.8) is 0 Å². The standard InChI is InChI=1S/C31H33N5O6S/c1-20-10-15-28(17-29(20)36(38)39)43(40,41)34(26-11-13-27(42-6)14-12-26)19-30(37)33-32-18-25-16-23(4)35(24(25)5)31-21(2)8-7-9-22(31)3/h7-18H,19H2,1-6H3,(H,33,37)/b32-18+. The lowest BCUT2D eigenvalue weighted by Crippen LogP contribution is -2.39. The number of anilines is 1. The fourth-order valence-corrected chi connectivity index (χ4v) is 6.34. The van der Waals surface area contributed by atoms with Gasteiger partial charge >= 0.3 is 0 Å². The first-order valence-corrected chi connectivity index (χ1v) is 14.8. The number of rotatable bonds is 10. The molecule has 11 nitrogen and oxygen atoms in total. The minimum absolute atomic E-state index is 0.167. The van der Waals surface area contributed by atoms with E-state index in [1.807, 2.05) is 52.0 Å². The number of hydrazone groups is 1. The van der Waals surface area contributed by atoms with E-state index in [1.165, 1.54) is 44.5 Å². The molecule has 4 rings (SSSR count). The van der Waals surface area contributed by atoms with E-state index in [0.29, 0.717) is 11.3 Å². The molecule has 0 spiro atoms. The molecule has 0 unspecified atom stereocenters. The quantitative estimate of drug-likeness (QED) is 0.149. The maximum atomic E-state index is 13.7. The van der Waals surface area contributed by atoms with Gasteiger partial charge in [-0.2, -0.15) is 5.10 Å². The van der Waals surface area contributed by atoms with Gasteiger partial charge in [0, 0.05) is 28.6 Å². The van der Waals surface area contributed by atoms with E-state index >= 15 is 0 Å². The molecular formula is C31H33N5O6S. The average Bonchev–Trinajstić information content (AvgIpc) is 3.24. The lowest BCUT2D eigenvalue weighted by atomic mass is 10.1. The van der Waals surface area contributed by atoms with Crippen LogP contribution in [-0.4, -0.2) is 43.7 Å². The second-order valence-electron chi connectivity index (χ2n) is 10.1. The van der Waals surface area contributed by atoms with Crippen molar-refractivity contribution in [2.24, 2.45) is 5.10 Å². The Morgan fingerprint density at radius 3 is 2.26 bits per heavy atom. The number of nitrogens with zero attached hydrogens (tertiary/aromatic N) is 4. The molecule has 1 amide bonds. The van der Waals surface area contributed by atoms with Crippen molar-refractivity contribution in [2.45, 2.75) is 39.5 Å². The number of amides is 1. The minimum atomic E-state index is -4.39. The number of benzene rings is 3. The smallest absolute Gasteiger partial charge is 0.273 e. The molecule has 0 aliphatic heterocycles. The Hall–Kier alpha value is -4.97. The number of nitro benzene ring substituents is 1. The van der Waals surface area contributed by atoms with Crippen LogP contribution in [0.25, 0.3) is 5.69 Å². The Morgan fingerprint density at radius 1 is 1.00 bits per heavy atom. The molecule has 0 bridgehead atoms. The van der Waals surface area contributed by atoms with Gasteiger partial charge in [-0.25, -0.2) is 13.8 Å². The highest BCUT2D eigenvalue weighted by molar-refractivity contribution is 7.92. The van der Waals surface area contributed by atoms with Gasteiger partial charge in [0.25, 0.3) is 21.6 Å². The van der Waals surface area contributed by atoms with Crippen molar-refractivity contribution in [2.75, 3.05) is 18.0 Å². The summed E-state index contributed by atoms with van der Waals surface area (Å²) in [6.07, 6.45) is 1.51. The van der Waals surface area contributed by atoms with Crippen molar-refractivity contribution in [3.05, 3.63) is 110 Å². The van der Waals surface area contributed by atoms with E-state index in [2.05, 4.69) is 15.1 Å². The molecule has 0 aliphatic carbocycles. The summed E-state index contributed by atoms with van der Waals surface area (Å²) in [6, 6.07) is 17.8. The van der Waals surface area contributed by atoms with Crippen LogP contribution < -0.4 is 14.5 Å². The number of hydrogen-bond acceptors (Lipinski definition) is 7. The summed E-state index contributed by atoms with van der Waals surface area (Å²) in [7, 11) is -2.92. The minimum Gasteiger partial charge on any atom is -0.497 e. The van der Waals surface area contributed by atoms with Crippen LogP contribution in [0.3, 0.4) is 0 Å². The summed E-state index contributed by atoms with van der Waals surface area (Å²) in [5.74, 6) is -0.222. The number of nitro groups is 1. The Bertz CT molecular complexity index is 1810. The fraction of sp³-hybridized carbons (Fsp3) is 0.226. The zero-order valence-corrected chi connectivity index (χ0v) is 25.6. The molecular weight excluding hydrogens is 570 g/mol. The molecule has 0 saturated heterocycles. The Kier molecular flexibility index (Phi) is 9.00. The second kappa shape index (κ2) is 12.5. The summed E-state index contributed by atoms with van der Waals surface area (Å²) in [5, 5.41) is 15.6. The summed E-state index contributed by atoms with van der Waals surface area (Å²) >= 11 is 0. The number of aryl methyl sites for hydroxylation is 4. The van der Waals surface area contributed by atoms with Crippen LogP contribution >= 0.6 is 0 Å². The van der Waals surface area contributed by atoms with Gasteiger partial charge in [-0.15, -0.1) is 0 Å². The van der Waals surface area contributed by atoms with Crippen LogP contribution in [0.1, 0.15) is 33.6 Å². The number of aromatic nitrogens is 1. The molecule has 0 atom stereocenters. The first-order chi connectivity index (χ1) is 20.3. The number of sulfonamides is 1. The third kappa shape index (κ3) is 6.44. The molecule has 0 aliphatic rings. The lowest BCUT2D eigenvalue weighted by molar-refractivity contribution is -0.385. The maximum Gasteiger partial charge on any atom is 0.273 e. The van der Waals surface area contributed by atoms with Crippen LogP contribution in [0, 0.1) is 44.7 Å². The topological polar surface area (TPSA) is 136 Å². The van der Waals surface area contributed by atoms with Crippen molar-refractivity contribution < 1.29 is 22.9 Å². The third-order valence-corrected chi connectivity index (χ3v) is 8.91. The zero-order valence-electron chi connectivity index (χ0n) is 24.8. The number of carbonyl (C=O) groups is 1. The summed E-state index contributed by atoms with van der Waals surface area (Å²) in [5.41, 5.74) is 8.58. The molecule has 224 valence electrons. The van der Waals surface area contributed by atoms with Gasteiger partial charge in [-0.3, -0.25) is 19.2 Å². The van der Waals surface area contributed by atoms with Crippen LogP contribution in [0.4, 0.5) is 11.4 Å². The molecule has 3 aromatic carbocycles. The van der Waals surface area contributed by atoms with Gasteiger partial charge in [-0.1, -0.05) is 24.3 Å². The molecule has 1 aromatic heterocycles. The van der Waals surface area contributed by atoms with Gasteiger partial charge in [0.05, 0.1) is 34.5 Å². The summed E-state index contributed by atoms with van der Waals surface area (Å²) in [6.45, 7) is 8.93. The Balaban J connectivity index is 1.62. The van der Waals surface area contributed by atoms with Gasteiger partial charge in [0.15, 0.2) is 0 Å². The Morgan fingerprint density at radius 2 is 1.65 bits per heavy atom. The van der Waals surface area contributed by atoms with Gasteiger partial charge in [0.2, 0.25) is 0 Å². The van der Waals surface area contributed by atoms with Gasteiger partial charge in [0.1, 0.15) is 12.3 Å². The van der Waals surface area contributed by atoms with Crippen molar-refractivity contribution >= 4 is 33.5 Å². The van der Waals surface area contributed by atoms with Crippen molar-refractivity contribution in [1.29, 1.82) is 0 Å². The number of hydrogen-bond donors (Lipinski definition) is 1. The zero-order chi connectivity index (χ0) is 31.5. The van der Waals surface area contributed by atoms with E-state index in [0.717, 1.165) is 44.1 Å². The number of para-hydroxylation sites is 1. The van der Waals surface area contributed by atoms with Crippen molar-refractivity contribution in [1.82, 2.24) is 9.99 Å². The molecule has 43 heavy (non-hydrogen) atoms. The van der Waals surface area contributed by atoms with Crippen LogP contribution in [0.2, 0.25) is 0 Å². The number of carbonyl (C=O) groups excluding carboxylic acids is 1. The normalized spacial score (nSPS) is 11.5. The number of nitrogens with one attached hydrogen (secondary N) is 1. The van der Waals surface area contributed by atoms with E-state index in [1.54, 1.807) is 12.1 Å². The van der Waals surface area contributed by atoms with Crippen LogP contribution in [0.15, 0.2) is 76.7 Å². The molecule has 12 heteroatoms. The van der Waals surface area contributed by atoms with Gasteiger partial charge in [-0.05, 0) is 82.1 Å². The molecule has 0 fully saturated rings. The van der Waals surface area contributed by atoms with E-state index in [9.17, 15) is 23.3 Å². The fourth-order valence-electron chi connectivity index (χ4n) is 4.90. The van der Waals surface area contributed by atoms with Crippen LogP contribution in [0.5, 0.6) is 5.75 Å². The lowest BCUT2D eigenvalue weighted by Gasteiger charge is -2.24. The SMILES string of the molecule is COc1ccc(N(CC(=O)N/N=C/c2cc(C)n(-c3c(C)cccc3C)c2C)S(=O)(=O)c2ccc(C)c([N+](=O)[O-])c2)cc1. The van der Waals surface area contributed by atoms with E-state index < -0.39 is 27.4 Å². The summed E-state index contributed by atoms with van der Waals surface area (Å²) in [4.78, 5) is 23.6. The predicted molar refractivity (Wildman–Crippen MR) is 166 cm³/mol. The van der Waals surface area contributed by atoms with E-state index in [-0.39, 0.29) is 16.3 Å². The third-order valence-electron chi connectivity index (χ3n) is 7.14. The van der Waals surface area contributed by atoms with Gasteiger partial charge < -0.3 is 9.30 Å². The van der Waals surface area contributed by atoms with E-state index in [4.69, 9.17) is 4.74 Å². The predicted octanol–water partition coefficient (Wildman–Crippen LogP) is 5.28. The van der Waals surface area contributed by atoms with Crippen LogP contribution in [-0.2, 0) is 14.8 Å². The second-order valence-corrected chi connectivity index (χ2v) is 12.0. The molecule has 1 N–H and O–H groups in total. The largest absolute Gasteiger partial charge is 0.497 e. The highest BCUT2D eigenvalue weighted by Crippen LogP contribution is 2.29. The number of methoxy groups -OCH3 is 1. The maximum absolute atomic E-state index is 13.7. The highest BCUT2D eigenvalue weighted by atomic mass is 32.2. The average molecular weight is 604 g/mol. The highest BCUT2D eigenvalue weighted by Gasteiger charge is 2.29. The summed E-state index contributed by atoms with van der Waals surface area (Å²) < 4.78 is 35.6. The number of ether oxygens (including phenoxy) is 1. The Labute approximate surface area is 250 Å². The molecule has 0 radical (unpaired) electrons. The molecule has 4 aromatic rings.